The molecule has 21 heavy (non-hydrogen) atoms. The fourth-order valence-electron chi connectivity index (χ4n) is 4.01. The molecule has 2 fully saturated rings. The summed E-state index contributed by atoms with van der Waals surface area (Å²) in [6.07, 6.45) is 12.5. The van der Waals surface area contributed by atoms with Gasteiger partial charge in [0.15, 0.2) is 0 Å². The third-order valence-electron chi connectivity index (χ3n) is 5.25. The maximum atomic E-state index is 4.20. The number of imidazole rings is 1. The zero-order chi connectivity index (χ0) is 14.1. The highest BCUT2D eigenvalue weighted by atomic mass is 15.1. The maximum absolute atomic E-state index is 4.20. The molecule has 1 aromatic carbocycles. The van der Waals surface area contributed by atoms with E-state index in [9.17, 15) is 0 Å². The van der Waals surface area contributed by atoms with Crippen molar-refractivity contribution >= 4 is 0 Å². The molecule has 3 heteroatoms. The lowest BCUT2D eigenvalue weighted by atomic mass is 9.75. The van der Waals surface area contributed by atoms with Gasteiger partial charge in [-0.05, 0) is 43.6 Å². The Balaban J connectivity index is 1.34. The minimum atomic E-state index is 0.600. The van der Waals surface area contributed by atoms with E-state index < -0.39 is 0 Å². The van der Waals surface area contributed by atoms with Crippen LogP contribution in [0, 0.1) is 0 Å². The van der Waals surface area contributed by atoms with Crippen LogP contribution in [-0.2, 0) is 0 Å². The molecule has 4 rings (SSSR count). The Bertz CT molecular complexity index is 557. The normalized spacial score (nSPS) is 32.0. The van der Waals surface area contributed by atoms with E-state index in [0.29, 0.717) is 18.1 Å². The van der Waals surface area contributed by atoms with Crippen LogP contribution in [-0.4, -0.2) is 21.6 Å². The van der Waals surface area contributed by atoms with Crippen LogP contribution in [0.5, 0.6) is 0 Å². The van der Waals surface area contributed by atoms with Crippen LogP contribution in [0.4, 0.5) is 0 Å². The Morgan fingerprint density at radius 3 is 2.71 bits per heavy atom. The Kier molecular flexibility index (Phi) is 3.52. The van der Waals surface area contributed by atoms with E-state index in [-0.39, 0.29) is 0 Å². The van der Waals surface area contributed by atoms with E-state index in [4.69, 9.17) is 0 Å². The highest BCUT2D eigenvalue weighted by Crippen LogP contribution is 2.39. The second kappa shape index (κ2) is 5.64. The van der Waals surface area contributed by atoms with Crippen molar-refractivity contribution in [3.05, 3.63) is 54.6 Å². The number of nitrogens with zero attached hydrogens (tertiary/aromatic N) is 2. The van der Waals surface area contributed by atoms with E-state index in [0.717, 1.165) is 5.92 Å². The molecular formula is C18H23N3. The van der Waals surface area contributed by atoms with Gasteiger partial charge in [-0.15, -0.1) is 0 Å². The Morgan fingerprint density at radius 1 is 1.10 bits per heavy atom. The largest absolute Gasteiger partial charge is 0.333 e. The van der Waals surface area contributed by atoms with Crippen molar-refractivity contribution in [2.24, 2.45) is 0 Å². The van der Waals surface area contributed by atoms with Crippen molar-refractivity contribution in [3.8, 4) is 0 Å². The van der Waals surface area contributed by atoms with Crippen LogP contribution in [0.1, 0.15) is 49.6 Å². The van der Waals surface area contributed by atoms with Crippen LogP contribution in [0.15, 0.2) is 49.1 Å². The average molecular weight is 281 g/mol. The van der Waals surface area contributed by atoms with Gasteiger partial charge < -0.3 is 9.88 Å². The standard InChI is InChI=1S/C18H23N3/c1-2-5-14(6-3-1)15-11-16(12-15)20-17-7-4-8-18(17)21-10-9-19-13-21/h1-3,5-6,9-10,13,15-18,20H,4,7-8,11-12H2. The molecule has 2 aliphatic carbocycles. The third-order valence-corrected chi connectivity index (χ3v) is 5.25. The molecule has 1 heterocycles. The maximum Gasteiger partial charge on any atom is 0.0949 e. The molecule has 0 radical (unpaired) electrons. The fourth-order valence-corrected chi connectivity index (χ4v) is 4.01. The summed E-state index contributed by atoms with van der Waals surface area (Å²) in [6.45, 7) is 0. The predicted molar refractivity (Wildman–Crippen MR) is 84.2 cm³/mol. The molecule has 0 amide bonds. The molecular weight excluding hydrogens is 258 g/mol. The lowest BCUT2D eigenvalue weighted by Gasteiger charge is -2.39. The summed E-state index contributed by atoms with van der Waals surface area (Å²) in [5.74, 6) is 0.761. The minimum Gasteiger partial charge on any atom is -0.333 e. The van der Waals surface area contributed by atoms with Crippen molar-refractivity contribution in [1.82, 2.24) is 14.9 Å². The average Bonchev–Trinajstić information content (AvgIpc) is 3.14. The Labute approximate surface area is 126 Å². The lowest BCUT2D eigenvalue weighted by molar-refractivity contribution is 0.243. The Morgan fingerprint density at radius 2 is 1.95 bits per heavy atom. The molecule has 1 aromatic heterocycles. The van der Waals surface area contributed by atoms with Crippen molar-refractivity contribution in [1.29, 1.82) is 0 Å². The van der Waals surface area contributed by atoms with Gasteiger partial charge in [0.25, 0.3) is 0 Å². The van der Waals surface area contributed by atoms with Crippen molar-refractivity contribution in [3.63, 3.8) is 0 Å². The molecule has 3 nitrogen and oxygen atoms in total. The van der Waals surface area contributed by atoms with Gasteiger partial charge >= 0.3 is 0 Å². The van der Waals surface area contributed by atoms with Crippen LogP contribution < -0.4 is 5.32 Å². The number of rotatable bonds is 4. The summed E-state index contributed by atoms with van der Waals surface area (Å²) in [7, 11) is 0. The van der Waals surface area contributed by atoms with Crippen LogP contribution in [0.2, 0.25) is 0 Å². The van der Waals surface area contributed by atoms with E-state index in [1.165, 1.54) is 37.7 Å². The van der Waals surface area contributed by atoms with Gasteiger partial charge in [0, 0.05) is 30.5 Å². The molecule has 110 valence electrons. The molecule has 0 bridgehead atoms. The highest BCUT2D eigenvalue weighted by molar-refractivity contribution is 5.22. The second-order valence-corrected chi connectivity index (χ2v) is 6.56. The van der Waals surface area contributed by atoms with E-state index in [1.54, 1.807) is 0 Å². The van der Waals surface area contributed by atoms with Crippen LogP contribution in [0.25, 0.3) is 0 Å². The summed E-state index contributed by atoms with van der Waals surface area (Å²) >= 11 is 0. The SMILES string of the molecule is c1ccc(C2CC(NC3CCCC3n3ccnc3)C2)cc1. The predicted octanol–water partition coefficient (Wildman–Crippen LogP) is 3.51. The lowest BCUT2D eigenvalue weighted by Crippen LogP contribution is -2.47. The summed E-state index contributed by atoms with van der Waals surface area (Å²) in [6, 6.07) is 12.9. The third kappa shape index (κ3) is 2.62. The molecule has 2 aromatic rings. The van der Waals surface area contributed by atoms with E-state index in [2.05, 4.69) is 51.4 Å². The summed E-state index contributed by atoms with van der Waals surface area (Å²) < 4.78 is 2.29. The molecule has 2 saturated carbocycles. The first-order valence-corrected chi connectivity index (χ1v) is 8.18. The van der Waals surface area contributed by atoms with Gasteiger partial charge in [-0.25, -0.2) is 4.98 Å². The minimum absolute atomic E-state index is 0.600. The molecule has 0 spiro atoms. The summed E-state index contributed by atoms with van der Waals surface area (Å²) in [5.41, 5.74) is 1.51. The molecule has 0 saturated heterocycles. The highest BCUT2D eigenvalue weighted by Gasteiger charge is 2.35. The first kappa shape index (κ1) is 13.1. The van der Waals surface area contributed by atoms with Crippen LogP contribution >= 0.6 is 0 Å². The van der Waals surface area contributed by atoms with Gasteiger partial charge in [0.2, 0.25) is 0 Å². The summed E-state index contributed by atoms with van der Waals surface area (Å²) in [5, 5.41) is 3.90. The Hall–Kier alpha value is -1.61. The monoisotopic (exact) mass is 281 g/mol. The molecule has 2 atom stereocenters. The molecule has 2 aliphatic rings. The number of nitrogens with one attached hydrogen (secondary N) is 1. The molecule has 1 N–H and O–H groups in total. The number of hydrogen-bond acceptors (Lipinski definition) is 2. The first-order chi connectivity index (χ1) is 10.4. The van der Waals surface area contributed by atoms with Crippen molar-refractivity contribution < 1.29 is 0 Å². The van der Waals surface area contributed by atoms with Gasteiger partial charge in [-0.2, -0.15) is 0 Å². The van der Waals surface area contributed by atoms with E-state index in [1.807, 2.05) is 12.5 Å². The van der Waals surface area contributed by atoms with Crippen molar-refractivity contribution in [2.75, 3.05) is 0 Å². The molecule has 0 aliphatic heterocycles. The van der Waals surface area contributed by atoms with Gasteiger partial charge in [0.05, 0.1) is 6.33 Å². The summed E-state index contributed by atoms with van der Waals surface area (Å²) in [4.78, 5) is 4.20. The zero-order valence-electron chi connectivity index (χ0n) is 12.4. The van der Waals surface area contributed by atoms with Crippen LogP contribution in [0.3, 0.4) is 0 Å². The topological polar surface area (TPSA) is 29.9 Å². The fraction of sp³-hybridized carbons (Fsp3) is 0.500. The van der Waals surface area contributed by atoms with E-state index >= 15 is 0 Å². The number of benzene rings is 1. The van der Waals surface area contributed by atoms with Crippen molar-refractivity contribution in [2.45, 2.75) is 56.1 Å². The first-order valence-electron chi connectivity index (χ1n) is 8.18. The molecule has 2 unspecified atom stereocenters. The quantitative estimate of drug-likeness (QED) is 0.929. The van der Waals surface area contributed by atoms with Gasteiger partial charge in [-0.1, -0.05) is 30.3 Å². The number of hydrogen-bond donors (Lipinski definition) is 1. The van der Waals surface area contributed by atoms with Gasteiger partial charge in [-0.3, -0.25) is 0 Å². The number of aromatic nitrogens is 2. The second-order valence-electron chi connectivity index (χ2n) is 6.56. The zero-order valence-corrected chi connectivity index (χ0v) is 12.4. The smallest absolute Gasteiger partial charge is 0.0949 e. The van der Waals surface area contributed by atoms with Gasteiger partial charge in [0.1, 0.15) is 0 Å².